The van der Waals surface area contributed by atoms with Gasteiger partial charge in [0.25, 0.3) is 0 Å². The highest BCUT2D eigenvalue weighted by Gasteiger charge is 1.88. The molecule has 0 aliphatic heterocycles. The van der Waals surface area contributed by atoms with Gasteiger partial charge in [0.05, 0.1) is 0 Å². The second kappa shape index (κ2) is 6.95. The first-order valence-corrected chi connectivity index (χ1v) is 3.71. The van der Waals surface area contributed by atoms with Crippen LogP contribution in [0.5, 0.6) is 0 Å². The van der Waals surface area contributed by atoms with Gasteiger partial charge in [-0.05, 0) is 0 Å². The standard InChI is InChI=1S/C7H9Cl2N/c1-2-3-4-10-6-7(9)5-8/h1,5,10H,3-4,6H2. The summed E-state index contributed by atoms with van der Waals surface area (Å²) in [4.78, 5) is 0. The Balaban J connectivity index is 3.14. The molecule has 0 atom stereocenters. The topological polar surface area (TPSA) is 12.0 Å². The second-order valence-electron chi connectivity index (χ2n) is 1.69. The summed E-state index contributed by atoms with van der Waals surface area (Å²) in [5, 5.41) is 3.61. The third-order valence-corrected chi connectivity index (χ3v) is 1.48. The van der Waals surface area contributed by atoms with Gasteiger partial charge in [0.15, 0.2) is 0 Å². The highest BCUT2D eigenvalue weighted by Crippen LogP contribution is 1.99. The lowest BCUT2D eigenvalue weighted by Crippen LogP contribution is -2.16. The van der Waals surface area contributed by atoms with Crippen molar-refractivity contribution in [1.29, 1.82) is 0 Å². The largest absolute Gasteiger partial charge is 0.311 e. The monoisotopic (exact) mass is 177 g/mol. The molecule has 0 unspecified atom stereocenters. The molecule has 1 N–H and O–H groups in total. The van der Waals surface area contributed by atoms with E-state index in [1.807, 2.05) is 0 Å². The molecule has 0 aliphatic carbocycles. The van der Waals surface area contributed by atoms with Crippen molar-refractivity contribution in [3.05, 3.63) is 10.6 Å². The molecular formula is C7H9Cl2N. The van der Waals surface area contributed by atoms with Crippen LogP contribution in [0.15, 0.2) is 10.6 Å². The predicted molar refractivity (Wildman–Crippen MR) is 46.1 cm³/mol. The number of rotatable bonds is 4. The highest BCUT2D eigenvalue weighted by atomic mass is 35.5. The summed E-state index contributed by atoms with van der Waals surface area (Å²) >= 11 is 10.8. The Morgan fingerprint density at radius 2 is 2.40 bits per heavy atom. The quantitative estimate of drug-likeness (QED) is 0.512. The van der Waals surface area contributed by atoms with Crippen molar-refractivity contribution in [1.82, 2.24) is 5.32 Å². The molecule has 0 aliphatic rings. The van der Waals surface area contributed by atoms with Gasteiger partial charge in [-0.15, -0.1) is 12.3 Å². The molecule has 0 radical (unpaired) electrons. The average Bonchev–Trinajstić information content (AvgIpc) is 1.98. The Kier molecular flexibility index (Phi) is 6.84. The van der Waals surface area contributed by atoms with Gasteiger partial charge in [0, 0.05) is 30.1 Å². The van der Waals surface area contributed by atoms with Crippen LogP contribution in [-0.4, -0.2) is 13.1 Å². The van der Waals surface area contributed by atoms with Crippen LogP contribution in [0.1, 0.15) is 6.42 Å². The lowest BCUT2D eigenvalue weighted by molar-refractivity contribution is 0.760. The van der Waals surface area contributed by atoms with Crippen molar-refractivity contribution < 1.29 is 0 Å². The van der Waals surface area contributed by atoms with Crippen molar-refractivity contribution in [2.75, 3.05) is 13.1 Å². The van der Waals surface area contributed by atoms with Crippen LogP contribution >= 0.6 is 23.2 Å². The maximum absolute atomic E-state index is 5.56. The van der Waals surface area contributed by atoms with Crippen molar-refractivity contribution >= 4 is 23.2 Å². The molecule has 0 bridgehead atoms. The molecule has 0 amide bonds. The Hall–Kier alpha value is -0.160. The van der Waals surface area contributed by atoms with Gasteiger partial charge in [0.1, 0.15) is 0 Å². The fourth-order valence-electron chi connectivity index (χ4n) is 0.407. The SMILES string of the molecule is C#CCCNCC(Cl)=CCl. The van der Waals surface area contributed by atoms with Crippen LogP contribution < -0.4 is 5.32 Å². The molecule has 0 aromatic carbocycles. The van der Waals surface area contributed by atoms with E-state index in [2.05, 4.69) is 11.2 Å². The molecule has 56 valence electrons. The van der Waals surface area contributed by atoms with Gasteiger partial charge in [-0.3, -0.25) is 0 Å². The van der Waals surface area contributed by atoms with Crippen molar-refractivity contribution in [2.45, 2.75) is 6.42 Å². The molecule has 0 aromatic heterocycles. The van der Waals surface area contributed by atoms with E-state index < -0.39 is 0 Å². The van der Waals surface area contributed by atoms with E-state index in [9.17, 15) is 0 Å². The molecular weight excluding hydrogens is 169 g/mol. The Labute approximate surface area is 71.4 Å². The molecule has 0 saturated heterocycles. The molecule has 1 nitrogen and oxygen atoms in total. The van der Waals surface area contributed by atoms with Gasteiger partial charge in [-0.25, -0.2) is 0 Å². The van der Waals surface area contributed by atoms with E-state index in [0.717, 1.165) is 6.54 Å². The molecule has 0 spiro atoms. The molecule has 0 rings (SSSR count). The molecule has 0 saturated carbocycles. The highest BCUT2D eigenvalue weighted by molar-refractivity contribution is 6.36. The summed E-state index contributed by atoms with van der Waals surface area (Å²) in [5.74, 6) is 2.50. The third kappa shape index (κ3) is 5.97. The number of hydrogen-bond acceptors (Lipinski definition) is 1. The lowest BCUT2D eigenvalue weighted by Gasteiger charge is -1.98. The van der Waals surface area contributed by atoms with Gasteiger partial charge in [-0.2, -0.15) is 0 Å². The fraction of sp³-hybridized carbons (Fsp3) is 0.429. The molecule has 0 aromatic rings. The minimum absolute atomic E-state index is 0.590. The summed E-state index contributed by atoms with van der Waals surface area (Å²) in [6.07, 6.45) is 5.73. The maximum atomic E-state index is 5.56. The third-order valence-electron chi connectivity index (χ3n) is 0.858. The number of hydrogen-bond donors (Lipinski definition) is 1. The zero-order chi connectivity index (χ0) is 7.82. The molecule has 10 heavy (non-hydrogen) atoms. The van der Waals surface area contributed by atoms with Crippen molar-refractivity contribution in [3.63, 3.8) is 0 Å². The van der Waals surface area contributed by atoms with E-state index in [-0.39, 0.29) is 0 Å². The normalized spacial score (nSPS) is 11.1. The first-order chi connectivity index (χ1) is 4.81. The second-order valence-corrected chi connectivity index (χ2v) is 2.39. The van der Waals surface area contributed by atoms with Crippen molar-refractivity contribution in [3.8, 4) is 12.3 Å². The van der Waals surface area contributed by atoms with Crippen LogP contribution in [-0.2, 0) is 0 Å². The Morgan fingerprint density at radius 3 is 2.90 bits per heavy atom. The summed E-state index contributed by atoms with van der Waals surface area (Å²) in [6.45, 7) is 1.37. The zero-order valence-corrected chi connectivity index (χ0v) is 7.04. The lowest BCUT2D eigenvalue weighted by atomic mass is 10.4. The summed E-state index contributed by atoms with van der Waals surface area (Å²) < 4.78 is 0. The summed E-state index contributed by atoms with van der Waals surface area (Å²) in [7, 11) is 0. The van der Waals surface area contributed by atoms with Crippen LogP contribution in [0.4, 0.5) is 0 Å². The average molecular weight is 178 g/mol. The summed E-state index contributed by atoms with van der Waals surface area (Å²) in [6, 6.07) is 0. The van der Waals surface area contributed by atoms with E-state index in [1.165, 1.54) is 5.54 Å². The van der Waals surface area contributed by atoms with Gasteiger partial charge < -0.3 is 5.32 Å². The Bertz CT molecular complexity index is 146. The number of halogens is 2. The first-order valence-electron chi connectivity index (χ1n) is 2.90. The Morgan fingerprint density at radius 1 is 1.70 bits per heavy atom. The van der Waals surface area contributed by atoms with E-state index in [0.29, 0.717) is 18.0 Å². The fourth-order valence-corrected chi connectivity index (χ4v) is 0.579. The van der Waals surface area contributed by atoms with Crippen molar-refractivity contribution in [2.24, 2.45) is 0 Å². The van der Waals surface area contributed by atoms with Crippen LogP contribution in [0, 0.1) is 12.3 Å². The maximum Gasteiger partial charge on any atom is 0.0431 e. The van der Waals surface area contributed by atoms with Crippen LogP contribution in [0.25, 0.3) is 0 Å². The molecule has 0 fully saturated rings. The van der Waals surface area contributed by atoms with E-state index in [4.69, 9.17) is 29.6 Å². The number of nitrogens with one attached hydrogen (secondary N) is 1. The smallest absolute Gasteiger partial charge is 0.0431 e. The minimum atomic E-state index is 0.590. The van der Waals surface area contributed by atoms with Gasteiger partial charge >= 0.3 is 0 Å². The minimum Gasteiger partial charge on any atom is -0.311 e. The predicted octanol–water partition coefficient (Wildman–Crippen LogP) is 1.92. The summed E-state index contributed by atoms with van der Waals surface area (Å²) in [5.41, 5.74) is 1.34. The van der Waals surface area contributed by atoms with Crippen LogP contribution in [0.2, 0.25) is 0 Å². The molecule has 3 heteroatoms. The first kappa shape index (κ1) is 9.84. The van der Waals surface area contributed by atoms with E-state index in [1.54, 1.807) is 0 Å². The van der Waals surface area contributed by atoms with Gasteiger partial charge in [0.2, 0.25) is 0 Å². The van der Waals surface area contributed by atoms with Crippen LogP contribution in [0.3, 0.4) is 0 Å². The zero-order valence-electron chi connectivity index (χ0n) is 5.53. The number of terminal acetylenes is 1. The van der Waals surface area contributed by atoms with Gasteiger partial charge in [-0.1, -0.05) is 23.2 Å². The molecule has 0 heterocycles. The van der Waals surface area contributed by atoms with E-state index >= 15 is 0 Å².